The number of carbonyl (C=O) groups is 1. The molecule has 1 amide bonds. The molecule has 132 valence electrons. The molecule has 4 atom stereocenters. The third kappa shape index (κ3) is 5.97. The lowest BCUT2D eigenvalue weighted by atomic mass is 9.92. The Morgan fingerprint density at radius 1 is 1.52 bits per heavy atom. The van der Waals surface area contributed by atoms with Gasteiger partial charge in [0.2, 0.25) is 13.9 Å². The first-order chi connectivity index (χ1) is 10.8. The minimum Gasteiger partial charge on any atom is -0.370 e. The molecule has 0 aliphatic heterocycles. The second kappa shape index (κ2) is 9.05. The summed E-state index contributed by atoms with van der Waals surface area (Å²) in [6, 6.07) is -0.945. The van der Waals surface area contributed by atoms with E-state index in [0.717, 1.165) is 12.8 Å². The number of rotatable bonds is 7. The van der Waals surface area contributed by atoms with Crippen LogP contribution in [-0.2, 0) is 14.1 Å². The van der Waals surface area contributed by atoms with Crippen LogP contribution >= 0.6 is 8.03 Å². The highest BCUT2D eigenvalue weighted by molar-refractivity contribution is 7.43. The molecule has 9 heteroatoms. The second-order valence-corrected chi connectivity index (χ2v) is 6.88. The molecule has 0 aromatic rings. The molecule has 1 aliphatic carbocycles. The molecule has 1 unspecified atom stereocenters. The highest BCUT2D eigenvalue weighted by atomic mass is 31.1. The van der Waals surface area contributed by atoms with Crippen molar-refractivity contribution < 1.29 is 19.0 Å². The molecule has 0 aromatic carbocycles. The van der Waals surface area contributed by atoms with Crippen LogP contribution in [0.4, 0.5) is 0 Å². The SMILES string of the molecule is CCC(CC)O[C@@H]1C=C([PH](=O)O)C[C@H](NC(=N)N)[C@H]1NC(C)=O. The molecular formula is C14H27N4O4P. The molecule has 0 fully saturated rings. The van der Waals surface area contributed by atoms with E-state index in [0.29, 0.717) is 5.31 Å². The fourth-order valence-electron chi connectivity index (χ4n) is 2.71. The number of hydrogen-bond acceptors (Lipinski definition) is 4. The molecule has 0 aromatic heterocycles. The maximum absolute atomic E-state index is 11.5. The molecule has 0 saturated heterocycles. The van der Waals surface area contributed by atoms with Crippen molar-refractivity contribution in [1.29, 1.82) is 5.41 Å². The third-order valence-corrected chi connectivity index (χ3v) is 4.76. The average molecular weight is 346 g/mol. The quantitative estimate of drug-likeness (QED) is 0.261. The summed E-state index contributed by atoms with van der Waals surface area (Å²) in [6.45, 7) is 5.39. The van der Waals surface area contributed by atoms with Gasteiger partial charge in [-0.2, -0.15) is 0 Å². The molecule has 0 radical (unpaired) electrons. The van der Waals surface area contributed by atoms with E-state index >= 15 is 0 Å². The van der Waals surface area contributed by atoms with Crippen molar-refractivity contribution in [2.24, 2.45) is 5.73 Å². The van der Waals surface area contributed by atoms with Crippen LogP contribution in [0.2, 0.25) is 0 Å². The van der Waals surface area contributed by atoms with Crippen molar-refractivity contribution in [3.8, 4) is 0 Å². The van der Waals surface area contributed by atoms with Crippen LogP contribution < -0.4 is 16.4 Å². The zero-order chi connectivity index (χ0) is 17.6. The fraction of sp³-hybridized carbons (Fsp3) is 0.714. The first-order valence-electron chi connectivity index (χ1n) is 7.75. The second-order valence-electron chi connectivity index (χ2n) is 5.63. The standard InChI is InChI=1S/C14H27N4O4P/c1-4-9(5-2)22-12-7-10(23(20)21)6-11(18-14(15)16)13(12)17-8(3)19/h7,9,11-13,23H,4-6H2,1-3H3,(H,17,19)(H,20,21)(H4,15,16,18)/t11-,12+,13+/m0/s1. The van der Waals surface area contributed by atoms with Gasteiger partial charge in [0.15, 0.2) is 5.96 Å². The maximum Gasteiger partial charge on any atom is 0.217 e. The zero-order valence-electron chi connectivity index (χ0n) is 13.8. The Labute approximate surface area is 137 Å². The molecule has 0 heterocycles. The Bertz CT molecular complexity index is 493. The first-order valence-corrected chi connectivity index (χ1v) is 9.11. The van der Waals surface area contributed by atoms with Crippen LogP contribution in [0, 0.1) is 5.41 Å². The molecule has 8 nitrogen and oxygen atoms in total. The molecule has 1 aliphatic rings. The smallest absolute Gasteiger partial charge is 0.217 e. The van der Waals surface area contributed by atoms with Gasteiger partial charge in [-0.1, -0.05) is 13.8 Å². The number of carbonyl (C=O) groups excluding carboxylic acids is 1. The zero-order valence-corrected chi connectivity index (χ0v) is 14.8. The van der Waals surface area contributed by atoms with Crippen molar-refractivity contribution in [2.75, 3.05) is 0 Å². The van der Waals surface area contributed by atoms with E-state index in [1.54, 1.807) is 6.08 Å². The summed E-state index contributed by atoms with van der Waals surface area (Å²) in [7, 11) is -2.87. The van der Waals surface area contributed by atoms with Gasteiger partial charge >= 0.3 is 0 Å². The average Bonchev–Trinajstić information content (AvgIpc) is 2.46. The molecular weight excluding hydrogens is 319 g/mol. The minimum atomic E-state index is -2.87. The summed E-state index contributed by atoms with van der Waals surface area (Å²) in [5, 5.41) is 13.3. The monoisotopic (exact) mass is 346 g/mol. The number of nitrogens with two attached hydrogens (primary N) is 1. The third-order valence-electron chi connectivity index (χ3n) is 3.84. The minimum absolute atomic E-state index is 0.0224. The topological polar surface area (TPSA) is 138 Å². The van der Waals surface area contributed by atoms with E-state index in [1.807, 2.05) is 13.8 Å². The van der Waals surface area contributed by atoms with Crippen molar-refractivity contribution in [3.63, 3.8) is 0 Å². The Balaban J connectivity index is 3.12. The highest BCUT2D eigenvalue weighted by Crippen LogP contribution is 2.36. The Morgan fingerprint density at radius 2 is 2.13 bits per heavy atom. The van der Waals surface area contributed by atoms with Crippen LogP contribution in [0.3, 0.4) is 0 Å². The Kier molecular flexibility index (Phi) is 7.75. The lowest BCUT2D eigenvalue weighted by Gasteiger charge is -2.38. The normalized spacial score (nSPS) is 25.6. The highest BCUT2D eigenvalue weighted by Gasteiger charge is 2.37. The molecule has 0 bridgehead atoms. The van der Waals surface area contributed by atoms with Gasteiger partial charge in [-0.25, -0.2) is 0 Å². The summed E-state index contributed by atoms with van der Waals surface area (Å²) in [4.78, 5) is 21.0. The number of ether oxygens (including phenoxy) is 1. The summed E-state index contributed by atoms with van der Waals surface area (Å²) in [5.41, 5.74) is 5.40. The maximum atomic E-state index is 11.5. The van der Waals surface area contributed by atoms with Gasteiger partial charge in [0.25, 0.3) is 0 Å². The van der Waals surface area contributed by atoms with Gasteiger partial charge in [-0.15, -0.1) is 0 Å². The van der Waals surface area contributed by atoms with Crippen molar-refractivity contribution in [2.45, 2.75) is 64.3 Å². The van der Waals surface area contributed by atoms with E-state index < -0.39 is 26.2 Å². The molecule has 0 saturated carbocycles. The molecule has 0 spiro atoms. The van der Waals surface area contributed by atoms with Crippen LogP contribution in [0.1, 0.15) is 40.0 Å². The Morgan fingerprint density at radius 3 is 2.57 bits per heavy atom. The van der Waals surface area contributed by atoms with Crippen LogP contribution in [-0.4, -0.2) is 41.1 Å². The van der Waals surface area contributed by atoms with E-state index in [2.05, 4.69) is 10.6 Å². The van der Waals surface area contributed by atoms with Crippen molar-refractivity contribution >= 4 is 19.9 Å². The predicted octanol–water partition coefficient (Wildman–Crippen LogP) is 0.671. The van der Waals surface area contributed by atoms with E-state index in [9.17, 15) is 14.3 Å². The summed E-state index contributed by atoms with van der Waals surface area (Å²) >= 11 is 0. The summed E-state index contributed by atoms with van der Waals surface area (Å²) < 4.78 is 17.6. The fourth-order valence-corrected chi connectivity index (χ4v) is 3.41. The lowest BCUT2D eigenvalue weighted by Crippen LogP contribution is -2.59. The number of amides is 1. The van der Waals surface area contributed by atoms with Crippen LogP contribution in [0.15, 0.2) is 11.4 Å². The number of nitrogens with one attached hydrogen (secondary N) is 3. The van der Waals surface area contributed by atoms with E-state index in [1.165, 1.54) is 6.92 Å². The van der Waals surface area contributed by atoms with Crippen molar-refractivity contribution in [1.82, 2.24) is 10.6 Å². The van der Waals surface area contributed by atoms with Crippen LogP contribution in [0.5, 0.6) is 0 Å². The number of hydrogen-bond donors (Lipinski definition) is 5. The van der Waals surface area contributed by atoms with Crippen molar-refractivity contribution in [3.05, 3.63) is 11.4 Å². The molecule has 23 heavy (non-hydrogen) atoms. The predicted molar refractivity (Wildman–Crippen MR) is 89.6 cm³/mol. The Hall–Kier alpha value is -1.37. The van der Waals surface area contributed by atoms with Gasteiger partial charge in [0.05, 0.1) is 24.3 Å². The molecule has 6 N–H and O–H groups in total. The largest absolute Gasteiger partial charge is 0.370 e. The van der Waals surface area contributed by atoms with E-state index in [-0.39, 0.29) is 24.4 Å². The number of guanidine groups is 1. The van der Waals surface area contributed by atoms with E-state index in [4.69, 9.17) is 15.9 Å². The molecule has 1 rings (SSSR count). The van der Waals surface area contributed by atoms with Gasteiger partial charge in [0.1, 0.15) is 0 Å². The van der Waals surface area contributed by atoms with Gasteiger partial charge in [-0.05, 0) is 25.3 Å². The lowest BCUT2D eigenvalue weighted by molar-refractivity contribution is -0.121. The summed E-state index contributed by atoms with van der Waals surface area (Å²) in [5.74, 6) is -0.498. The summed E-state index contributed by atoms with van der Waals surface area (Å²) in [6.07, 6.45) is 2.86. The first kappa shape index (κ1) is 19.7. The van der Waals surface area contributed by atoms with Crippen LogP contribution in [0.25, 0.3) is 0 Å². The van der Waals surface area contributed by atoms with Gasteiger partial charge in [0, 0.05) is 12.2 Å². The van der Waals surface area contributed by atoms with Gasteiger partial charge in [-0.3, -0.25) is 14.8 Å². The van der Waals surface area contributed by atoms with Gasteiger partial charge < -0.3 is 26.0 Å².